The van der Waals surface area contributed by atoms with Crippen molar-refractivity contribution in [2.45, 2.75) is 12.1 Å². The molecule has 3 rings (SSSR count). The van der Waals surface area contributed by atoms with Gasteiger partial charge in [-0.2, -0.15) is 0 Å². The Labute approximate surface area is 151 Å². The van der Waals surface area contributed by atoms with E-state index in [1.807, 2.05) is 0 Å². The van der Waals surface area contributed by atoms with E-state index in [0.717, 1.165) is 11.8 Å². The molecule has 0 atom stereocenters. The number of furan rings is 1. The minimum Gasteiger partial charge on any atom is -0.469 e. The van der Waals surface area contributed by atoms with Crippen molar-refractivity contribution in [3.8, 4) is 11.4 Å². The summed E-state index contributed by atoms with van der Waals surface area (Å²) in [6.07, 6.45) is 1.53. The molecular weight excluding hydrogens is 369 g/mol. The molecule has 0 spiro atoms. The molecule has 2 heterocycles. The third kappa shape index (κ3) is 3.77. The summed E-state index contributed by atoms with van der Waals surface area (Å²) in [5.41, 5.74) is 0.731. The van der Waals surface area contributed by atoms with Gasteiger partial charge >= 0.3 is 0 Å². The molecule has 0 saturated heterocycles. The largest absolute Gasteiger partial charge is 0.469 e. The van der Waals surface area contributed by atoms with Crippen LogP contribution in [0, 0.1) is 12.7 Å². The molecule has 0 bridgehead atoms. The number of carbonyl (C=O) groups excluding carboxylic acids is 1. The zero-order chi connectivity index (χ0) is 18.0. The van der Waals surface area contributed by atoms with Gasteiger partial charge in [-0.05, 0) is 31.2 Å². The van der Waals surface area contributed by atoms with E-state index in [0.29, 0.717) is 27.3 Å². The van der Waals surface area contributed by atoms with Crippen molar-refractivity contribution in [3.63, 3.8) is 0 Å². The number of rotatable bonds is 5. The number of thioether (sulfide) groups is 1. The maximum absolute atomic E-state index is 13.6. The van der Waals surface area contributed by atoms with Crippen LogP contribution < -0.4 is 11.2 Å². The van der Waals surface area contributed by atoms with Crippen LogP contribution in [0.15, 0.2) is 40.1 Å². The summed E-state index contributed by atoms with van der Waals surface area (Å²) in [5, 5.41) is 11.1. The Morgan fingerprint density at radius 1 is 1.44 bits per heavy atom. The predicted octanol–water partition coefficient (Wildman–Crippen LogP) is 3.08. The third-order valence-corrected chi connectivity index (χ3v) is 4.48. The zero-order valence-electron chi connectivity index (χ0n) is 13.0. The average Bonchev–Trinajstić information content (AvgIpc) is 3.14. The molecule has 0 aliphatic rings. The monoisotopic (exact) mass is 381 g/mol. The summed E-state index contributed by atoms with van der Waals surface area (Å²) in [6.45, 7) is 1.78. The van der Waals surface area contributed by atoms with Gasteiger partial charge in [0.05, 0.1) is 23.3 Å². The highest BCUT2D eigenvalue weighted by Crippen LogP contribution is 2.25. The van der Waals surface area contributed by atoms with Crippen LogP contribution in [0.25, 0.3) is 11.4 Å². The van der Waals surface area contributed by atoms with Gasteiger partial charge < -0.3 is 15.6 Å². The molecule has 1 aromatic carbocycles. The highest BCUT2D eigenvalue weighted by Gasteiger charge is 2.17. The van der Waals surface area contributed by atoms with E-state index in [9.17, 15) is 9.18 Å². The van der Waals surface area contributed by atoms with Crippen LogP contribution in [0.3, 0.4) is 0 Å². The molecule has 3 aromatic rings. The first-order valence-electron chi connectivity index (χ1n) is 7.08. The van der Waals surface area contributed by atoms with Gasteiger partial charge in [0.2, 0.25) is 11.1 Å². The fraction of sp³-hybridized carbons (Fsp3) is 0.133. The van der Waals surface area contributed by atoms with Crippen molar-refractivity contribution in [2.24, 2.45) is 0 Å². The molecule has 7 nitrogen and oxygen atoms in total. The third-order valence-electron chi connectivity index (χ3n) is 3.30. The SMILES string of the molecule is Cc1occc1-c1nnc(SCC(=O)Nc2cc(Cl)ccc2F)n1N. The fourth-order valence-corrected chi connectivity index (χ4v) is 2.91. The average molecular weight is 382 g/mol. The number of anilines is 1. The predicted molar refractivity (Wildman–Crippen MR) is 93.4 cm³/mol. The number of nitrogens with two attached hydrogens (primary N) is 1. The molecule has 0 aliphatic heterocycles. The van der Waals surface area contributed by atoms with Gasteiger partial charge in [-0.1, -0.05) is 23.4 Å². The van der Waals surface area contributed by atoms with E-state index >= 15 is 0 Å². The van der Waals surface area contributed by atoms with Crippen LogP contribution >= 0.6 is 23.4 Å². The topological polar surface area (TPSA) is 99.0 Å². The van der Waals surface area contributed by atoms with Crippen LogP contribution in [-0.2, 0) is 4.79 Å². The van der Waals surface area contributed by atoms with Crippen molar-refractivity contribution in [1.29, 1.82) is 0 Å². The van der Waals surface area contributed by atoms with E-state index < -0.39 is 11.7 Å². The number of nitrogen functional groups attached to an aromatic ring is 1. The number of nitrogens with zero attached hydrogens (tertiary/aromatic N) is 3. The van der Waals surface area contributed by atoms with E-state index in [1.54, 1.807) is 13.0 Å². The molecule has 10 heteroatoms. The molecular formula is C15H13ClFN5O2S. The molecule has 0 unspecified atom stereocenters. The van der Waals surface area contributed by atoms with Crippen molar-refractivity contribution < 1.29 is 13.6 Å². The molecule has 0 aliphatic carbocycles. The number of aromatic nitrogens is 3. The van der Waals surface area contributed by atoms with E-state index in [1.165, 1.54) is 29.1 Å². The number of halogens is 2. The lowest BCUT2D eigenvalue weighted by molar-refractivity contribution is -0.113. The van der Waals surface area contributed by atoms with Crippen LogP contribution in [0.2, 0.25) is 5.02 Å². The van der Waals surface area contributed by atoms with E-state index in [4.69, 9.17) is 21.9 Å². The van der Waals surface area contributed by atoms with Gasteiger partial charge in [0.25, 0.3) is 0 Å². The van der Waals surface area contributed by atoms with Gasteiger partial charge in [0.1, 0.15) is 11.6 Å². The lowest BCUT2D eigenvalue weighted by atomic mass is 10.2. The van der Waals surface area contributed by atoms with Crippen molar-refractivity contribution in [1.82, 2.24) is 14.9 Å². The van der Waals surface area contributed by atoms with Gasteiger partial charge in [0.15, 0.2) is 5.82 Å². The van der Waals surface area contributed by atoms with Crippen molar-refractivity contribution in [2.75, 3.05) is 16.9 Å². The Bertz CT molecular complexity index is 927. The van der Waals surface area contributed by atoms with Crippen LogP contribution in [0.5, 0.6) is 0 Å². The Kier molecular flexibility index (Phi) is 4.95. The van der Waals surface area contributed by atoms with Crippen LogP contribution in [0.4, 0.5) is 10.1 Å². The normalized spacial score (nSPS) is 10.8. The summed E-state index contributed by atoms with van der Waals surface area (Å²) >= 11 is 6.86. The molecule has 2 aromatic heterocycles. The summed E-state index contributed by atoms with van der Waals surface area (Å²) in [7, 11) is 0. The van der Waals surface area contributed by atoms with Gasteiger partial charge in [0, 0.05) is 5.02 Å². The summed E-state index contributed by atoms with van der Waals surface area (Å²) in [5.74, 6) is 6.04. The van der Waals surface area contributed by atoms with Crippen LogP contribution in [-0.4, -0.2) is 26.5 Å². The Morgan fingerprint density at radius 2 is 2.24 bits per heavy atom. The quantitative estimate of drug-likeness (QED) is 0.520. The fourth-order valence-electron chi connectivity index (χ4n) is 2.09. The van der Waals surface area contributed by atoms with Crippen molar-refractivity contribution in [3.05, 3.63) is 47.1 Å². The lowest BCUT2D eigenvalue weighted by Crippen LogP contribution is -2.17. The first-order valence-corrected chi connectivity index (χ1v) is 8.44. The molecule has 1 amide bonds. The number of nitrogens with one attached hydrogen (secondary N) is 1. The Balaban J connectivity index is 1.66. The van der Waals surface area contributed by atoms with E-state index in [-0.39, 0.29) is 11.4 Å². The standard InChI is InChI=1S/C15H13ClFN5O2S/c1-8-10(4-5-24-8)14-20-21-15(22(14)18)25-7-13(23)19-12-6-9(16)2-3-11(12)17/h2-6H,7,18H2,1H3,(H,19,23). The molecule has 0 saturated carbocycles. The lowest BCUT2D eigenvalue weighted by Gasteiger charge is -2.06. The summed E-state index contributed by atoms with van der Waals surface area (Å²) in [4.78, 5) is 12.0. The first-order chi connectivity index (χ1) is 12.0. The Morgan fingerprint density at radius 3 is 2.96 bits per heavy atom. The molecule has 0 fully saturated rings. The number of hydrogen-bond acceptors (Lipinski definition) is 6. The molecule has 3 N–H and O–H groups in total. The molecule has 0 radical (unpaired) electrons. The second-order valence-corrected chi connectivity index (χ2v) is 6.41. The van der Waals surface area contributed by atoms with E-state index in [2.05, 4.69) is 15.5 Å². The smallest absolute Gasteiger partial charge is 0.234 e. The zero-order valence-corrected chi connectivity index (χ0v) is 14.6. The van der Waals surface area contributed by atoms with Gasteiger partial charge in [-0.25, -0.2) is 9.07 Å². The van der Waals surface area contributed by atoms with Crippen molar-refractivity contribution >= 4 is 35.0 Å². The highest BCUT2D eigenvalue weighted by atomic mass is 35.5. The highest BCUT2D eigenvalue weighted by molar-refractivity contribution is 7.99. The molecule has 130 valence electrons. The molecule has 25 heavy (non-hydrogen) atoms. The maximum atomic E-state index is 13.6. The number of aryl methyl sites for hydroxylation is 1. The maximum Gasteiger partial charge on any atom is 0.234 e. The second-order valence-electron chi connectivity index (χ2n) is 5.03. The number of benzene rings is 1. The minimum absolute atomic E-state index is 0.0158. The second kappa shape index (κ2) is 7.16. The minimum atomic E-state index is -0.567. The first kappa shape index (κ1) is 17.3. The number of amides is 1. The number of hydrogen-bond donors (Lipinski definition) is 2. The van der Waals surface area contributed by atoms with Crippen LogP contribution in [0.1, 0.15) is 5.76 Å². The van der Waals surface area contributed by atoms with Gasteiger partial charge in [-0.3, -0.25) is 4.79 Å². The summed E-state index contributed by atoms with van der Waals surface area (Å²) in [6, 6.07) is 5.65. The number of carbonyl (C=O) groups is 1. The summed E-state index contributed by atoms with van der Waals surface area (Å²) < 4.78 is 20.1. The Hall–Kier alpha value is -2.52. The van der Waals surface area contributed by atoms with Gasteiger partial charge in [-0.15, -0.1) is 10.2 Å².